The highest BCUT2D eigenvalue weighted by Crippen LogP contribution is 2.40. The van der Waals surface area contributed by atoms with Crippen LogP contribution in [0, 0.1) is 6.92 Å². The first-order chi connectivity index (χ1) is 15.6. The molecule has 162 valence electrons. The van der Waals surface area contributed by atoms with E-state index in [1.54, 1.807) is 17.7 Å². The van der Waals surface area contributed by atoms with Crippen LogP contribution in [0.25, 0.3) is 21.3 Å². The van der Waals surface area contributed by atoms with E-state index in [1.165, 1.54) is 21.6 Å². The number of fused-ring (bicyclic) bond motifs is 2. The predicted molar refractivity (Wildman–Crippen MR) is 132 cm³/mol. The summed E-state index contributed by atoms with van der Waals surface area (Å²) >= 11 is 1.69. The fourth-order valence-corrected chi connectivity index (χ4v) is 5.66. The van der Waals surface area contributed by atoms with Gasteiger partial charge in [-0.25, -0.2) is 9.97 Å². The van der Waals surface area contributed by atoms with Crippen LogP contribution < -0.4 is 10.2 Å². The number of nitrogens with one attached hydrogen (secondary N) is 1. The first kappa shape index (κ1) is 20.6. The lowest BCUT2D eigenvalue weighted by molar-refractivity contribution is -0.118. The quantitative estimate of drug-likeness (QED) is 0.381. The molecule has 0 saturated heterocycles. The lowest BCUT2D eigenvalue weighted by Gasteiger charge is -2.22. The predicted octanol–water partition coefficient (Wildman–Crippen LogP) is 5.84. The lowest BCUT2D eigenvalue weighted by atomic mass is 10.0. The van der Waals surface area contributed by atoms with Crippen molar-refractivity contribution in [2.75, 3.05) is 16.8 Å². The van der Waals surface area contributed by atoms with Crippen molar-refractivity contribution in [3.63, 3.8) is 0 Å². The Hall–Kier alpha value is -3.25. The molecule has 4 aromatic rings. The number of aromatic nitrogens is 2. The Labute approximate surface area is 192 Å². The molecule has 1 unspecified atom stereocenters. The number of para-hydroxylation sites is 1. The Balaban J connectivity index is 1.29. The van der Waals surface area contributed by atoms with Crippen LogP contribution in [-0.2, 0) is 11.2 Å². The summed E-state index contributed by atoms with van der Waals surface area (Å²) in [4.78, 5) is 26.2. The van der Waals surface area contributed by atoms with Crippen LogP contribution in [0.1, 0.15) is 30.2 Å². The highest BCUT2D eigenvalue weighted by molar-refractivity contribution is 7.19. The molecule has 0 spiro atoms. The zero-order valence-corrected chi connectivity index (χ0v) is 19.2. The van der Waals surface area contributed by atoms with Gasteiger partial charge in [0.25, 0.3) is 0 Å². The van der Waals surface area contributed by atoms with E-state index in [1.807, 2.05) is 23.1 Å². The molecule has 0 aliphatic carbocycles. The topological polar surface area (TPSA) is 58.1 Å². The van der Waals surface area contributed by atoms with Gasteiger partial charge in [0.15, 0.2) is 0 Å². The van der Waals surface area contributed by atoms with Gasteiger partial charge < -0.3 is 10.2 Å². The molecular weight excluding hydrogens is 416 g/mol. The van der Waals surface area contributed by atoms with Gasteiger partial charge in [0, 0.05) is 35.1 Å². The molecule has 1 N–H and O–H groups in total. The first-order valence-corrected chi connectivity index (χ1v) is 11.9. The number of anilines is 2. The van der Waals surface area contributed by atoms with Crippen LogP contribution in [0.15, 0.2) is 60.9 Å². The van der Waals surface area contributed by atoms with Crippen molar-refractivity contribution >= 4 is 39.0 Å². The molecule has 1 aliphatic heterocycles. The second kappa shape index (κ2) is 8.71. The molecule has 0 radical (unpaired) electrons. The Morgan fingerprint density at radius 3 is 2.75 bits per heavy atom. The summed E-state index contributed by atoms with van der Waals surface area (Å²) in [5.74, 6) is 1.03. The van der Waals surface area contributed by atoms with Crippen molar-refractivity contribution in [2.24, 2.45) is 0 Å². The maximum Gasteiger partial charge on any atom is 0.227 e. The minimum Gasteiger partial charge on any atom is -0.369 e. The smallest absolute Gasteiger partial charge is 0.227 e. The molecule has 32 heavy (non-hydrogen) atoms. The van der Waals surface area contributed by atoms with E-state index in [4.69, 9.17) is 0 Å². The van der Waals surface area contributed by atoms with Crippen molar-refractivity contribution in [2.45, 2.75) is 39.2 Å². The van der Waals surface area contributed by atoms with Crippen LogP contribution in [0.3, 0.4) is 0 Å². The van der Waals surface area contributed by atoms with Crippen molar-refractivity contribution < 1.29 is 4.79 Å². The van der Waals surface area contributed by atoms with Gasteiger partial charge in [0.2, 0.25) is 5.91 Å². The lowest BCUT2D eigenvalue weighted by Crippen LogP contribution is -2.35. The number of carbonyl (C=O) groups is 1. The first-order valence-electron chi connectivity index (χ1n) is 11.1. The van der Waals surface area contributed by atoms with Gasteiger partial charge in [-0.2, -0.15) is 0 Å². The van der Waals surface area contributed by atoms with E-state index in [2.05, 4.69) is 65.5 Å². The van der Waals surface area contributed by atoms with Gasteiger partial charge >= 0.3 is 0 Å². The molecule has 1 amide bonds. The molecule has 6 heteroatoms. The van der Waals surface area contributed by atoms with E-state index in [0.29, 0.717) is 13.0 Å². The van der Waals surface area contributed by atoms with E-state index >= 15 is 0 Å². The molecule has 5 nitrogen and oxygen atoms in total. The zero-order valence-electron chi connectivity index (χ0n) is 18.3. The standard InChI is InChI=1S/C26H26N4OS/c1-17-15-20-11-6-7-12-21(20)30(17)22(31)13-8-14-27-25-24-23(19-9-4-3-5-10-19)18(2)32-26(24)29-16-28-25/h3-7,9-12,16-17H,8,13-15H2,1-2H3,(H,27,28,29). The average Bonchev–Trinajstić information content (AvgIpc) is 3.32. The number of hydrogen-bond donors (Lipinski definition) is 1. The number of carbonyl (C=O) groups excluding carboxylic acids is 1. The van der Waals surface area contributed by atoms with Crippen LogP contribution in [0.4, 0.5) is 11.5 Å². The molecule has 3 heterocycles. The summed E-state index contributed by atoms with van der Waals surface area (Å²) in [5.41, 5.74) is 4.69. The Bertz CT molecular complexity index is 1270. The highest BCUT2D eigenvalue weighted by Gasteiger charge is 2.29. The third-order valence-electron chi connectivity index (χ3n) is 6.06. The van der Waals surface area contributed by atoms with Gasteiger partial charge in [-0.3, -0.25) is 4.79 Å². The summed E-state index contributed by atoms with van der Waals surface area (Å²) in [7, 11) is 0. The van der Waals surface area contributed by atoms with E-state index < -0.39 is 0 Å². The van der Waals surface area contributed by atoms with Gasteiger partial charge in [-0.1, -0.05) is 48.5 Å². The summed E-state index contributed by atoms with van der Waals surface area (Å²) < 4.78 is 0. The Kier molecular flexibility index (Phi) is 5.62. The van der Waals surface area contributed by atoms with E-state index in [0.717, 1.165) is 34.6 Å². The van der Waals surface area contributed by atoms with Crippen LogP contribution in [0.2, 0.25) is 0 Å². The molecule has 1 atom stereocenters. The molecule has 2 aromatic carbocycles. The summed E-state index contributed by atoms with van der Waals surface area (Å²) in [6, 6.07) is 18.8. The number of thiophene rings is 1. The number of nitrogens with zero attached hydrogens (tertiary/aromatic N) is 3. The third-order valence-corrected chi connectivity index (χ3v) is 7.08. The largest absolute Gasteiger partial charge is 0.369 e. The van der Waals surface area contributed by atoms with Crippen LogP contribution in [-0.4, -0.2) is 28.5 Å². The normalized spacial score (nSPS) is 15.2. The monoisotopic (exact) mass is 442 g/mol. The van der Waals surface area contributed by atoms with Crippen molar-refractivity contribution in [1.82, 2.24) is 9.97 Å². The maximum atomic E-state index is 13.0. The zero-order chi connectivity index (χ0) is 22.1. The van der Waals surface area contributed by atoms with E-state index in [-0.39, 0.29) is 11.9 Å². The minimum atomic E-state index is 0.188. The van der Waals surface area contributed by atoms with E-state index in [9.17, 15) is 4.79 Å². The fourth-order valence-electron chi connectivity index (χ4n) is 4.64. The Morgan fingerprint density at radius 2 is 1.91 bits per heavy atom. The molecule has 1 aliphatic rings. The molecular formula is C26H26N4OS. The number of amides is 1. The second-order valence-electron chi connectivity index (χ2n) is 8.28. The SMILES string of the molecule is Cc1sc2ncnc(NCCCC(=O)N3c4ccccc4CC3C)c2c1-c1ccccc1. The van der Waals surface area contributed by atoms with Crippen molar-refractivity contribution in [1.29, 1.82) is 0 Å². The summed E-state index contributed by atoms with van der Waals surface area (Å²) in [5, 5.41) is 4.54. The Morgan fingerprint density at radius 1 is 1.12 bits per heavy atom. The van der Waals surface area contributed by atoms with Crippen molar-refractivity contribution in [3.8, 4) is 11.1 Å². The molecule has 2 aromatic heterocycles. The van der Waals surface area contributed by atoms with Gasteiger partial charge in [-0.15, -0.1) is 11.3 Å². The highest BCUT2D eigenvalue weighted by atomic mass is 32.1. The molecule has 0 fully saturated rings. The molecule has 0 saturated carbocycles. The summed E-state index contributed by atoms with van der Waals surface area (Å²) in [6.07, 6.45) is 3.80. The van der Waals surface area contributed by atoms with Crippen LogP contribution in [0.5, 0.6) is 0 Å². The maximum absolute atomic E-state index is 13.0. The number of aryl methyl sites for hydroxylation is 1. The molecule has 0 bridgehead atoms. The van der Waals surface area contributed by atoms with Gasteiger partial charge in [0.05, 0.1) is 5.39 Å². The number of rotatable bonds is 6. The van der Waals surface area contributed by atoms with Gasteiger partial charge in [0.1, 0.15) is 17.0 Å². The minimum absolute atomic E-state index is 0.188. The van der Waals surface area contributed by atoms with Gasteiger partial charge in [-0.05, 0) is 43.9 Å². The second-order valence-corrected chi connectivity index (χ2v) is 9.48. The van der Waals surface area contributed by atoms with Crippen LogP contribution >= 0.6 is 11.3 Å². The van der Waals surface area contributed by atoms with Crippen molar-refractivity contribution in [3.05, 3.63) is 71.4 Å². The average molecular weight is 443 g/mol. The third kappa shape index (κ3) is 3.75. The molecule has 5 rings (SSSR count). The fraction of sp³-hybridized carbons (Fsp3) is 0.269. The number of hydrogen-bond acceptors (Lipinski definition) is 5. The summed E-state index contributed by atoms with van der Waals surface area (Å²) in [6.45, 7) is 4.94. The number of benzene rings is 2.